The molecule has 5 heteroatoms. The summed E-state index contributed by atoms with van der Waals surface area (Å²) >= 11 is 0. The number of nitrogens with one attached hydrogen (secondary N) is 2. The van der Waals surface area contributed by atoms with Crippen LogP contribution in [0.2, 0.25) is 0 Å². The number of carbonyl (C=O) groups is 2. The molecule has 0 radical (unpaired) electrons. The second-order valence-corrected chi connectivity index (χ2v) is 5.17. The second-order valence-electron chi connectivity index (χ2n) is 5.17. The molecule has 2 N–H and O–H groups in total. The molecular formula is C14H27N3O2. The van der Waals surface area contributed by atoms with Crippen molar-refractivity contribution in [3.05, 3.63) is 0 Å². The van der Waals surface area contributed by atoms with Crippen molar-refractivity contribution < 1.29 is 9.59 Å². The first-order valence-corrected chi connectivity index (χ1v) is 7.35. The van der Waals surface area contributed by atoms with E-state index in [2.05, 4.69) is 10.6 Å². The van der Waals surface area contributed by atoms with Crippen molar-refractivity contribution in [3.8, 4) is 0 Å². The van der Waals surface area contributed by atoms with Crippen LogP contribution in [0.15, 0.2) is 0 Å². The fourth-order valence-electron chi connectivity index (χ4n) is 2.67. The van der Waals surface area contributed by atoms with E-state index >= 15 is 0 Å². The second kappa shape index (κ2) is 6.89. The summed E-state index contributed by atoms with van der Waals surface area (Å²) in [5.41, 5.74) is -0.474. The lowest BCUT2D eigenvalue weighted by atomic mass is 9.93. The maximum absolute atomic E-state index is 12.4. The molecule has 1 aliphatic rings. The first-order valence-electron chi connectivity index (χ1n) is 7.35. The summed E-state index contributed by atoms with van der Waals surface area (Å²) in [6.45, 7) is 9.88. The van der Waals surface area contributed by atoms with Gasteiger partial charge in [-0.2, -0.15) is 0 Å². The molecule has 2 amide bonds. The predicted molar refractivity (Wildman–Crippen MR) is 75.8 cm³/mol. The lowest BCUT2D eigenvalue weighted by Gasteiger charge is -2.30. The molecule has 1 aliphatic heterocycles. The third-order valence-electron chi connectivity index (χ3n) is 4.08. The van der Waals surface area contributed by atoms with Crippen molar-refractivity contribution in [2.75, 3.05) is 19.6 Å². The smallest absolute Gasteiger partial charge is 0.244 e. The third-order valence-corrected chi connectivity index (χ3v) is 4.08. The van der Waals surface area contributed by atoms with Gasteiger partial charge in [0, 0.05) is 13.1 Å². The molecule has 2 atom stereocenters. The van der Waals surface area contributed by atoms with Crippen LogP contribution in [0.4, 0.5) is 0 Å². The first-order chi connectivity index (χ1) is 9.00. The van der Waals surface area contributed by atoms with Gasteiger partial charge in [0.25, 0.3) is 0 Å². The Kier molecular flexibility index (Phi) is 5.79. The van der Waals surface area contributed by atoms with Gasteiger partial charge in [-0.15, -0.1) is 0 Å². The van der Waals surface area contributed by atoms with Crippen LogP contribution < -0.4 is 10.6 Å². The molecule has 0 aromatic heterocycles. The molecular weight excluding hydrogens is 242 g/mol. The summed E-state index contributed by atoms with van der Waals surface area (Å²) < 4.78 is 0. The molecule has 5 nitrogen and oxygen atoms in total. The monoisotopic (exact) mass is 269 g/mol. The zero-order valence-corrected chi connectivity index (χ0v) is 12.6. The number of amides is 2. The Labute approximate surface area is 116 Å². The fourth-order valence-corrected chi connectivity index (χ4v) is 2.67. The first kappa shape index (κ1) is 16.0. The summed E-state index contributed by atoms with van der Waals surface area (Å²) in [6, 6.07) is -0.460. The number of hydrogen-bond acceptors (Lipinski definition) is 3. The van der Waals surface area contributed by atoms with Gasteiger partial charge in [0.2, 0.25) is 11.8 Å². The van der Waals surface area contributed by atoms with E-state index in [-0.39, 0.29) is 11.8 Å². The van der Waals surface area contributed by atoms with Crippen LogP contribution in [-0.2, 0) is 9.59 Å². The van der Waals surface area contributed by atoms with Gasteiger partial charge in [0.15, 0.2) is 0 Å². The molecule has 19 heavy (non-hydrogen) atoms. The summed E-state index contributed by atoms with van der Waals surface area (Å²) in [5.74, 6) is -0.0527. The Morgan fingerprint density at radius 3 is 2.37 bits per heavy atom. The van der Waals surface area contributed by atoms with Crippen molar-refractivity contribution in [2.24, 2.45) is 0 Å². The van der Waals surface area contributed by atoms with Gasteiger partial charge in [-0.1, -0.05) is 6.92 Å². The Bertz CT molecular complexity index is 321. The zero-order chi connectivity index (χ0) is 14.5. The van der Waals surface area contributed by atoms with Crippen molar-refractivity contribution in [2.45, 2.75) is 58.5 Å². The molecule has 1 rings (SSSR count). The van der Waals surface area contributed by atoms with E-state index in [1.165, 1.54) is 0 Å². The summed E-state index contributed by atoms with van der Waals surface area (Å²) in [7, 11) is 0. The van der Waals surface area contributed by atoms with E-state index in [9.17, 15) is 9.59 Å². The number of nitrogens with zero attached hydrogens (tertiary/aromatic N) is 1. The molecule has 0 bridgehead atoms. The molecule has 1 heterocycles. The molecule has 0 aromatic rings. The van der Waals surface area contributed by atoms with Crippen LogP contribution in [0.3, 0.4) is 0 Å². The fraction of sp³-hybridized carbons (Fsp3) is 0.857. The van der Waals surface area contributed by atoms with E-state index in [1.54, 1.807) is 11.8 Å². The van der Waals surface area contributed by atoms with Crippen LogP contribution in [0.1, 0.15) is 47.0 Å². The van der Waals surface area contributed by atoms with Gasteiger partial charge < -0.3 is 15.5 Å². The van der Waals surface area contributed by atoms with Crippen molar-refractivity contribution in [1.82, 2.24) is 15.5 Å². The predicted octanol–water partition coefficient (Wildman–Crippen LogP) is 0.892. The molecule has 2 unspecified atom stereocenters. The van der Waals surface area contributed by atoms with Crippen molar-refractivity contribution in [3.63, 3.8) is 0 Å². The Balaban J connectivity index is 2.63. The van der Waals surface area contributed by atoms with E-state index in [0.29, 0.717) is 13.1 Å². The van der Waals surface area contributed by atoms with Crippen LogP contribution in [0.5, 0.6) is 0 Å². The molecule has 1 saturated heterocycles. The quantitative estimate of drug-likeness (QED) is 0.753. The highest BCUT2D eigenvalue weighted by Gasteiger charge is 2.40. The van der Waals surface area contributed by atoms with Crippen molar-refractivity contribution >= 4 is 11.8 Å². The van der Waals surface area contributed by atoms with Gasteiger partial charge in [0.1, 0.15) is 6.04 Å². The molecule has 1 fully saturated rings. The van der Waals surface area contributed by atoms with E-state index < -0.39 is 11.6 Å². The maximum atomic E-state index is 12.4. The van der Waals surface area contributed by atoms with Gasteiger partial charge in [-0.25, -0.2) is 0 Å². The Hall–Kier alpha value is -1.10. The van der Waals surface area contributed by atoms with Gasteiger partial charge >= 0.3 is 0 Å². The lowest BCUT2D eigenvalue weighted by molar-refractivity contribution is -0.137. The molecule has 0 saturated carbocycles. The number of carbonyl (C=O) groups excluding carboxylic acids is 2. The zero-order valence-electron chi connectivity index (χ0n) is 12.6. The average Bonchev–Trinajstić information content (AvgIpc) is 2.89. The van der Waals surface area contributed by atoms with Crippen LogP contribution >= 0.6 is 0 Å². The normalized spacial score (nSPS) is 24.0. The molecule has 0 aromatic carbocycles. The highest BCUT2D eigenvalue weighted by Crippen LogP contribution is 2.23. The van der Waals surface area contributed by atoms with Gasteiger partial charge in [0.05, 0.1) is 5.54 Å². The largest absolute Gasteiger partial charge is 0.343 e. The number of rotatable bonds is 6. The summed E-state index contributed by atoms with van der Waals surface area (Å²) in [6.07, 6.45) is 2.62. The van der Waals surface area contributed by atoms with Crippen LogP contribution in [0.25, 0.3) is 0 Å². The highest BCUT2D eigenvalue weighted by atomic mass is 16.2. The minimum Gasteiger partial charge on any atom is -0.343 e. The lowest BCUT2D eigenvalue weighted by Crippen LogP contribution is -2.57. The van der Waals surface area contributed by atoms with Gasteiger partial charge in [-0.3, -0.25) is 9.59 Å². The minimum absolute atomic E-state index is 0.0115. The average molecular weight is 269 g/mol. The topological polar surface area (TPSA) is 61.4 Å². The highest BCUT2D eigenvalue weighted by molar-refractivity contribution is 5.92. The maximum Gasteiger partial charge on any atom is 0.244 e. The number of likely N-dealkylation sites (N-methyl/N-ethyl adjacent to an activating group) is 1. The van der Waals surface area contributed by atoms with Crippen molar-refractivity contribution in [1.29, 1.82) is 0 Å². The standard InChI is InChI=1S/C14H27N3O2/c1-5-14(9-8-10-15-14)13(19)16-11(4)12(18)17(6-2)7-3/h11,15H,5-10H2,1-4H3,(H,16,19). The minimum atomic E-state index is -0.474. The van der Waals surface area contributed by atoms with Gasteiger partial charge in [-0.05, 0) is 46.6 Å². The molecule has 0 spiro atoms. The summed E-state index contributed by atoms with van der Waals surface area (Å²) in [5, 5.41) is 6.15. The molecule has 0 aliphatic carbocycles. The van der Waals surface area contributed by atoms with E-state index in [0.717, 1.165) is 25.8 Å². The Morgan fingerprint density at radius 1 is 1.32 bits per heavy atom. The van der Waals surface area contributed by atoms with E-state index in [4.69, 9.17) is 0 Å². The summed E-state index contributed by atoms with van der Waals surface area (Å²) in [4.78, 5) is 26.2. The molecule has 110 valence electrons. The third kappa shape index (κ3) is 3.47. The van der Waals surface area contributed by atoms with Crippen LogP contribution in [-0.4, -0.2) is 47.9 Å². The Morgan fingerprint density at radius 2 is 1.95 bits per heavy atom. The van der Waals surface area contributed by atoms with E-state index in [1.807, 2.05) is 20.8 Å². The number of hydrogen-bond donors (Lipinski definition) is 2. The van der Waals surface area contributed by atoms with Crippen LogP contribution in [0, 0.1) is 0 Å². The SMILES string of the molecule is CCN(CC)C(=O)C(C)NC(=O)C1(CC)CCCN1.